The minimum atomic E-state index is 0.213. The summed E-state index contributed by atoms with van der Waals surface area (Å²) < 4.78 is 13.7. The van der Waals surface area contributed by atoms with E-state index >= 15 is 0 Å². The molecule has 1 aromatic carbocycles. The van der Waals surface area contributed by atoms with Crippen molar-refractivity contribution in [3.05, 3.63) is 26.6 Å². The highest BCUT2D eigenvalue weighted by atomic mass is 79.9. The van der Waals surface area contributed by atoms with Crippen molar-refractivity contribution in [2.45, 2.75) is 51.9 Å². The Morgan fingerprint density at radius 1 is 1.29 bits per heavy atom. The van der Waals surface area contributed by atoms with E-state index in [0.717, 1.165) is 47.0 Å². The Balaban J connectivity index is 1.93. The highest BCUT2D eigenvalue weighted by molar-refractivity contribution is 9.11. The topological polar surface area (TPSA) is 30.5 Å². The van der Waals surface area contributed by atoms with Gasteiger partial charge in [0.1, 0.15) is 12.4 Å². The monoisotopic (exact) mass is 419 g/mol. The van der Waals surface area contributed by atoms with Crippen LogP contribution in [-0.4, -0.2) is 25.4 Å². The van der Waals surface area contributed by atoms with Gasteiger partial charge in [0.15, 0.2) is 0 Å². The normalized spacial score (nSPS) is 21.7. The number of ether oxygens (including phenoxy) is 2. The van der Waals surface area contributed by atoms with Gasteiger partial charge in [-0.15, -0.1) is 0 Å². The van der Waals surface area contributed by atoms with Crippen LogP contribution in [0.2, 0.25) is 0 Å². The zero-order valence-corrected chi connectivity index (χ0v) is 15.8. The molecule has 1 fully saturated rings. The number of hydrogen-bond donors (Lipinski definition) is 1. The molecule has 0 aliphatic carbocycles. The lowest BCUT2D eigenvalue weighted by Gasteiger charge is -2.16. The fourth-order valence-corrected chi connectivity index (χ4v) is 3.96. The molecule has 21 heavy (non-hydrogen) atoms. The highest BCUT2D eigenvalue weighted by Gasteiger charge is 2.23. The molecule has 0 aromatic heterocycles. The van der Waals surface area contributed by atoms with Crippen LogP contribution < -0.4 is 10.1 Å². The van der Waals surface area contributed by atoms with Crippen molar-refractivity contribution in [1.29, 1.82) is 0 Å². The van der Waals surface area contributed by atoms with Gasteiger partial charge in [0, 0.05) is 6.54 Å². The first kappa shape index (κ1) is 17.3. The van der Waals surface area contributed by atoms with Gasteiger partial charge in [0.05, 0.1) is 21.2 Å². The molecule has 2 atom stereocenters. The third kappa shape index (κ3) is 5.23. The molecule has 1 saturated heterocycles. The SMILES string of the molecule is CCCNCc1cc(Br)c(OCC2CCC(C)O2)c(Br)c1. The standard InChI is InChI=1S/C16H23Br2NO2/c1-3-6-19-9-12-7-14(17)16(15(18)8-12)20-10-13-5-4-11(2)21-13/h7-8,11,13,19H,3-6,9-10H2,1-2H3. The first-order valence-electron chi connectivity index (χ1n) is 7.57. The first-order valence-corrected chi connectivity index (χ1v) is 9.15. The van der Waals surface area contributed by atoms with E-state index in [1.165, 1.54) is 5.56 Å². The van der Waals surface area contributed by atoms with Gasteiger partial charge in [-0.25, -0.2) is 0 Å². The summed E-state index contributed by atoms with van der Waals surface area (Å²) in [4.78, 5) is 0. The van der Waals surface area contributed by atoms with E-state index in [0.29, 0.717) is 12.7 Å². The molecule has 1 aliphatic rings. The van der Waals surface area contributed by atoms with E-state index in [1.54, 1.807) is 0 Å². The molecule has 0 amide bonds. The molecule has 0 bridgehead atoms. The summed E-state index contributed by atoms with van der Waals surface area (Å²) in [6, 6.07) is 4.22. The molecule has 1 N–H and O–H groups in total. The van der Waals surface area contributed by atoms with E-state index in [9.17, 15) is 0 Å². The Labute approximate surface area is 144 Å². The zero-order chi connectivity index (χ0) is 15.2. The second-order valence-electron chi connectivity index (χ2n) is 5.52. The van der Waals surface area contributed by atoms with Crippen molar-refractivity contribution in [1.82, 2.24) is 5.32 Å². The van der Waals surface area contributed by atoms with E-state index in [2.05, 4.69) is 63.2 Å². The maximum atomic E-state index is 5.94. The molecule has 3 nitrogen and oxygen atoms in total. The molecule has 5 heteroatoms. The summed E-state index contributed by atoms with van der Waals surface area (Å²) in [6.07, 6.45) is 3.92. The Hall–Kier alpha value is -0.100. The van der Waals surface area contributed by atoms with Crippen molar-refractivity contribution < 1.29 is 9.47 Å². The van der Waals surface area contributed by atoms with Crippen LogP contribution in [0.25, 0.3) is 0 Å². The maximum absolute atomic E-state index is 5.94. The second-order valence-corrected chi connectivity index (χ2v) is 7.23. The zero-order valence-electron chi connectivity index (χ0n) is 12.6. The average Bonchev–Trinajstić information content (AvgIpc) is 2.84. The third-order valence-corrected chi connectivity index (χ3v) is 4.73. The lowest BCUT2D eigenvalue weighted by molar-refractivity contribution is 0.0261. The van der Waals surface area contributed by atoms with E-state index in [-0.39, 0.29) is 6.10 Å². The molecular formula is C16H23Br2NO2. The van der Waals surface area contributed by atoms with Crippen LogP contribution in [0.5, 0.6) is 5.75 Å². The van der Waals surface area contributed by atoms with Crippen molar-refractivity contribution >= 4 is 31.9 Å². The van der Waals surface area contributed by atoms with Crippen LogP contribution in [0.4, 0.5) is 0 Å². The van der Waals surface area contributed by atoms with Gasteiger partial charge in [-0.3, -0.25) is 0 Å². The van der Waals surface area contributed by atoms with Crippen LogP contribution in [0.1, 0.15) is 38.7 Å². The summed E-state index contributed by atoms with van der Waals surface area (Å²) in [5, 5.41) is 3.40. The van der Waals surface area contributed by atoms with Gasteiger partial charge >= 0.3 is 0 Å². The van der Waals surface area contributed by atoms with Crippen molar-refractivity contribution in [3.8, 4) is 5.75 Å². The van der Waals surface area contributed by atoms with Gasteiger partial charge in [-0.1, -0.05) is 6.92 Å². The van der Waals surface area contributed by atoms with Gasteiger partial charge in [0.25, 0.3) is 0 Å². The van der Waals surface area contributed by atoms with Crippen LogP contribution in [0.15, 0.2) is 21.1 Å². The third-order valence-electron chi connectivity index (χ3n) is 3.55. The summed E-state index contributed by atoms with van der Waals surface area (Å²) >= 11 is 7.21. The summed E-state index contributed by atoms with van der Waals surface area (Å²) in [6.45, 7) is 6.79. The number of rotatable bonds is 7. The quantitative estimate of drug-likeness (QED) is 0.650. The minimum Gasteiger partial charge on any atom is -0.489 e. The number of nitrogens with one attached hydrogen (secondary N) is 1. The first-order chi connectivity index (χ1) is 10.1. The molecular weight excluding hydrogens is 398 g/mol. The van der Waals surface area contributed by atoms with Crippen molar-refractivity contribution in [2.24, 2.45) is 0 Å². The summed E-state index contributed by atoms with van der Waals surface area (Å²) in [5.74, 6) is 0.859. The van der Waals surface area contributed by atoms with E-state index < -0.39 is 0 Å². The molecule has 2 unspecified atom stereocenters. The fourth-order valence-electron chi connectivity index (χ4n) is 2.45. The second kappa shape index (κ2) is 8.51. The maximum Gasteiger partial charge on any atom is 0.147 e. The van der Waals surface area contributed by atoms with Crippen LogP contribution in [-0.2, 0) is 11.3 Å². The molecule has 0 saturated carbocycles. The largest absolute Gasteiger partial charge is 0.489 e. The molecule has 1 heterocycles. The average molecular weight is 421 g/mol. The predicted octanol–water partition coefficient (Wildman–Crippen LogP) is 4.66. The van der Waals surface area contributed by atoms with Crippen LogP contribution in [0.3, 0.4) is 0 Å². The Bertz CT molecular complexity index is 445. The highest BCUT2D eigenvalue weighted by Crippen LogP contribution is 2.35. The molecule has 0 spiro atoms. The molecule has 1 aromatic rings. The minimum absolute atomic E-state index is 0.213. The summed E-state index contributed by atoms with van der Waals surface area (Å²) in [7, 11) is 0. The van der Waals surface area contributed by atoms with E-state index in [4.69, 9.17) is 9.47 Å². The molecule has 1 aliphatic heterocycles. The molecule has 0 radical (unpaired) electrons. The lowest BCUT2D eigenvalue weighted by atomic mass is 10.2. The number of benzene rings is 1. The Kier molecular flexibility index (Phi) is 6.99. The number of halogens is 2. The Morgan fingerprint density at radius 3 is 2.57 bits per heavy atom. The molecule has 2 rings (SSSR count). The van der Waals surface area contributed by atoms with Gasteiger partial charge in [-0.2, -0.15) is 0 Å². The van der Waals surface area contributed by atoms with Crippen molar-refractivity contribution in [3.63, 3.8) is 0 Å². The predicted molar refractivity (Wildman–Crippen MR) is 92.9 cm³/mol. The Morgan fingerprint density at radius 2 is 2.00 bits per heavy atom. The van der Waals surface area contributed by atoms with Gasteiger partial charge in [-0.05, 0) is 82.3 Å². The summed E-state index contributed by atoms with van der Waals surface area (Å²) in [5.41, 5.74) is 1.24. The lowest BCUT2D eigenvalue weighted by Crippen LogP contribution is -2.18. The number of hydrogen-bond acceptors (Lipinski definition) is 3. The molecule has 118 valence electrons. The van der Waals surface area contributed by atoms with E-state index in [1.807, 2.05) is 0 Å². The van der Waals surface area contributed by atoms with Gasteiger partial charge in [0.2, 0.25) is 0 Å². The van der Waals surface area contributed by atoms with Gasteiger partial charge < -0.3 is 14.8 Å². The van der Waals surface area contributed by atoms with Crippen LogP contribution in [0, 0.1) is 0 Å². The fraction of sp³-hybridized carbons (Fsp3) is 0.625. The van der Waals surface area contributed by atoms with Crippen molar-refractivity contribution in [2.75, 3.05) is 13.2 Å². The smallest absolute Gasteiger partial charge is 0.147 e. The van der Waals surface area contributed by atoms with Crippen LogP contribution >= 0.6 is 31.9 Å².